The van der Waals surface area contributed by atoms with Crippen LogP contribution in [0.25, 0.3) is 0 Å². The molecule has 0 N–H and O–H groups in total. The molecule has 0 radical (unpaired) electrons. The van der Waals surface area contributed by atoms with Gasteiger partial charge in [-0.3, -0.25) is 0 Å². The molecule has 1 heterocycles. The Morgan fingerprint density at radius 1 is 1.48 bits per heavy atom. The van der Waals surface area contributed by atoms with Crippen LogP contribution >= 0.6 is 19.4 Å². The molecule has 1 aromatic rings. The molecule has 1 atom stereocenters. The maximum absolute atomic E-state index is 12.5. The van der Waals surface area contributed by atoms with Gasteiger partial charge in [-0.15, -0.1) is 0 Å². The van der Waals surface area contributed by atoms with Gasteiger partial charge in [0.2, 0.25) is 0 Å². The molecule has 1 unspecified atom stereocenters. The Balaban J connectivity index is 2.55. The second kappa shape index (κ2) is 7.74. The van der Waals surface area contributed by atoms with Gasteiger partial charge in [-0.1, -0.05) is 0 Å². The number of carbonyl (C=O) groups excluding carboxylic acids is 2. The van der Waals surface area contributed by atoms with Crippen molar-refractivity contribution in [2.75, 3.05) is 4.90 Å². The first-order valence-electron chi connectivity index (χ1n) is 7.02. The molecule has 5 nitrogen and oxygen atoms in total. The van der Waals surface area contributed by atoms with Gasteiger partial charge in [0.25, 0.3) is 0 Å². The summed E-state index contributed by atoms with van der Waals surface area (Å²) in [5.41, 5.74) is 1.03. The van der Waals surface area contributed by atoms with Gasteiger partial charge in [0.15, 0.2) is 0 Å². The first-order valence-corrected chi connectivity index (χ1v) is 12.5. The zero-order valence-corrected chi connectivity index (χ0v) is 16.1. The van der Waals surface area contributed by atoms with E-state index < -0.39 is 31.6 Å². The quantitative estimate of drug-likeness (QED) is 0.662. The minimum atomic E-state index is -2.08. The Labute approximate surface area is 148 Å². The van der Waals surface area contributed by atoms with E-state index in [1.54, 1.807) is 36.7 Å². The van der Waals surface area contributed by atoms with Gasteiger partial charge in [-0.2, -0.15) is 0 Å². The van der Waals surface area contributed by atoms with Crippen LogP contribution in [-0.4, -0.2) is 28.8 Å². The summed E-state index contributed by atoms with van der Waals surface area (Å²) in [5, 5.41) is 0. The zero-order valence-electron chi connectivity index (χ0n) is 12.9. The number of imide groups is 1. The van der Waals surface area contributed by atoms with Crippen LogP contribution in [0.3, 0.4) is 0 Å². The van der Waals surface area contributed by atoms with Crippen LogP contribution in [0.1, 0.15) is 32.8 Å². The van der Waals surface area contributed by atoms with Crippen molar-refractivity contribution in [3.8, 4) is 5.75 Å². The number of ether oxygens (including phenoxy) is 2. The van der Waals surface area contributed by atoms with Crippen molar-refractivity contribution in [1.29, 1.82) is 0 Å². The standard InChI is InChI=1S/C15H17NO4.2ClH.Ru/c1-5-12-14(17)16(15(18)19-9(2)3)11-8-6-7-10(4)13(11)20-12;;;/h4,6-9,12H,5H2,1-3H3;2*1H;/q;;;+2/p-2. The summed E-state index contributed by atoms with van der Waals surface area (Å²) in [4.78, 5) is 25.9. The van der Waals surface area contributed by atoms with Crippen molar-refractivity contribution in [3.63, 3.8) is 0 Å². The van der Waals surface area contributed by atoms with Crippen molar-refractivity contribution in [2.24, 2.45) is 0 Å². The Bertz CT molecular complexity index is 659. The van der Waals surface area contributed by atoms with E-state index in [9.17, 15) is 9.59 Å². The van der Waals surface area contributed by atoms with E-state index in [4.69, 9.17) is 28.9 Å². The van der Waals surface area contributed by atoms with E-state index in [2.05, 4.69) is 0 Å². The SMILES string of the molecule is CCC1Oc2c([CH]=[Ru]([Cl])[Cl])cccc2N(C(=O)OC(C)C)C1=O. The predicted octanol–water partition coefficient (Wildman–Crippen LogP) is 3.81. The second-order valence-corrected chi connectivity index (χ2v) is 10.8. The van der Waals surface area contributed by atoms with E-state index in [0.717, 1.165) is 4.90 Å². The molecule has 1 aliphatic heterocycles. The number of hydrogen-bond acceptors (Lipinski definition) is 4. The van der Waals surface area contributed by atoms with Gasteiger partial charge in [-0.25, -0.2) is 0 Å². The number of anilines is 1. The van der Waals surface area contributed by atoms with E-state index in [1.165, 1.54) is 0 Å². The van der Waals surface area contributed by atoms with Crippen LogP contribution in [0.4, 0.5) is 10.5 Å². The molecule has 2 rings (SSSR count). The van der Waals surface area contributed by atoms with Gasteiger partial charge >= 0.3 is 148 Å². The first kappa shape index (κ1) is 18.4. The topological polar surface area (TPSA) is 55.8 Å². The number of nitrogens with zero attached hydrogens (tertiary/aromatic N) is 1. The van der Waals surface area contributed by atoms with Gasteiger partial charge in [-0.05, 0) is 0 Å². The maximum atomic E-state index is 12.5. The summed E-state index contributed by atoms with van der Waals surface area (Å²) >= 11 is -2.08. The van der Waals surface area contributed by atoms with Crippen molar-refractivity contribution in [3.05, 3.63) is 23.8 Å². The fourth-order valence-corrected chi connectivity index (χ4v) is 3.95. The van der Waals surface area contributed by atoms with Crippen LogP contribution in [-0.2, 0) is 23.0 Å². The molecule has 0 saturated heterocycles. The third kappa shape index (κ3) is 4.11. The molecular weight excluding hydrogens is 430 g/mol. The second-order valence-electron chi connectivity index (χ2n) is 5.12. The number of benzene rings is 1. The molecule has 23 heavy (non-hydrogen) atoms. The first-order chi connectivity index (χ1) is 10.8. The number of hydrogen-bond donors (Lipinski definition) is 0. The number of fused-ring (bicyclic) bond motifs is 1. The molecule has 0 fully saturated rings. The monoisotopic (exact) mass is 447 g/mol. The Hall–Kier alpha value is -0.967. The van der Waals surface area contributed by atoms with Crippen molar-refractivity contribution in [1.82, 2.24) is 0 Å². The van der Waals surface area contributed by atoms with Crippen molar-refractivity contribution < 1.29 is 32.6 Å². The van der Waals surface area contributed by atoms with Gasteiger partial charge in [0.1, 0.15) is 0 Å². The number of amides is 2. The molecule has 0 saturated carbocycles. The molecule has 0 spiro atoms. The van der Waals surface area contributed by atoms with Crippen molar-refractivity contribution in [2.45, 2.75) is 39.4 Å². The third-order valence-electron chi connectivity index (χ3n) is 3.10. The average Bonchev–Trinajstić information content (AvgIpc) is 2.45. The van der Waals surface area contributed by atoms with Crippen LogP contribution < -0.4 is 9.64 Å². The van der Waals surface area contributed by atoms with E-state index in [-0.39, 0.29) is 6.10 Å². The zero-order chi connectivity index (χ0) is 17.1. The predicted molar refractivity (Wildman–Crippen MR) is 87.1 cm³/mol. The van der Waals surface area contributed by atoms with Crippen LogP contribution in [0, 0.1) is 0 Å². The molecule has 0 bridgehead atoms. The molecule has 0 aromatic heterocycles. The van der Waals surface area contributed by atoms with E-state index in [0.29, 0.717) is 23.4 Å². The van der Waals surface area contributed by atoms with E-state index >= 15 is 0 Å². The normalized spacial score (nSPS) is 17.5. The molecule has 1 aliphatic rings. The summed E-state index contributed by atoms with van der Waals surface area (Å²) in [6.45, 7) is 5.26. The molecule has 128 valence electrons. The molecule has 2 amide bonds. The molecule has 1 aromatic carbocycles. The Morgan fingerprint density at radius 3 is 2.74 bits per heavy atom. The number of rotatable bonds is 3. The van der Waals surface area contributed by atoms with Crippen molar-refractivity contribution >= 4 is 41.7 Å². The van der Waals surface area contributed by atoms with Crippen LogP contribution in [0.15, 0.2) is 18.2 Å². The summed E-state index contributed by atoms with van der Waals surface area (Å²) in [6, 6.07) is 5.14. The Morgan fingerprint density at radius 2 is 2.17 bits per heavy atom. The molecule has 8 heteroatoms. The van der Waals surface area contributed by atoms with Crippen LogP contribution in [0.2, 0.25) is 0 Å². The molecule has 0 aliphatic carbocycles. The number of para-hydroxylation sites is 1. The number of carbonyl (C=O) groups is 2. The third-order valence-corrected chi connectivity index (χ3v) is 4.93. The van der Waals surface area contributed by atoms with Gasteiger partial charge in [0, 0.05) is 0 Å². The Kier molecular flexibility index (Phi) is 6.18. The number of halogens is 2. The van der Waals surface area contributed by atoms with E-state index in [1.807, 2.05) is 6.92 Å². The van der Waals surface area contributed by atoms with Gasteiger partial charge < -0.3 is 0 Å². The molecular formula is C15H17Cl2NO4Ru. The summed E-state index contributed by atoms with van der Waals surface area (Å²) < 4.78 is 12.7. The fraction of sp³-hybridized carbons (Fsp3) is 0.400. The average molecular weight is 447 g/mol. The summed E-state index contributed by atoms with van der Waals surface area (Å²) in [5.74, 6) is -0.00612. The van der Waals surface area contributed by atoms with Crippen LogP contribution in [0.5, 0.6) is 5.75 Å². The fourth-order valence-electron chi connectivity index (χ4n) is 2.17. The van der Waals surface area contributed by atoms with Gasteiger partial charge in [0.05, 0.1) is 0 Å². The summed E-state index contributed by atoms with van der Waals surface area (Å²) in [6.07, 6.45) is -1.36. The minimum absolute atomic E-state index is 0.334. The summed E-state index contributed by atoms with van der Waals surface area (Å²) in [7, 11) is 11.9.